The number of rotatable bonds is 6. The number of nitrogens with one attached hydrogen (secondary N) is 2. The fourth-order valence-corrected chi connectivity index (χ4v) is 3.51. The van der Waals surface area contributed by atoms with Gasteiger partial charge in [-0.05, 0) is 43.7 Å². The van der Waals surface area contributed by atoms with Crippen LogP contribution in [0.1, 0.15) is 51.0 Å². The number of aromatic amines is 1. The van der Waals surface area contributed by atoms with Gasteiger partial charge in [-0.2, -0.15) is 0 Å². The molecule has 0 saturated heterocycles. The fraction of sp³-hybridized carbons (Fsp3) is 0.200. The second kappa shape index (κ2) is 8.04. The molecule has 29 heavy (non-hydrogen) atoms. The summed E-state index contributed by atoms with van der Waals surface area (Å²) in [5.41, 5.74) is 7.83. The molecule has 0 bridgehead atoms. The van der Waals surface area contributed by atoms with Gasteiger partial charge < -0.3 is 20.8 Å². The van der Waals surface area contributed by atoms with Gasteiger partial charge in [-0.15, -0.1) is 0 Å². The van der Waals surface area contributed by atoms with Crippen LogP contribution in [0.3, 0.4) is 0 Å². The number of hydrogen-bond donors (Lipinski definition) is 3. The Morgan fingerprint density at radius 1 is 1.28 bits per heavy atom. The summed E-state index contributed by atoms with van der Waals surface area (Å²) in [4.78, 5) is 50.7. The molecule has 1 aromatic heterocycles. The molecule has 0 unspecified atom stereocenters. The standard InChI is InChI=1S/C20H18BrN3O5/c1-9-17(10(2)25)15(23-18(9)20(28)29-6-5-16(22)26)8-13-12-7-11(21)3-4-14(12)24-19(13)27/h3-4,7-8,23H,5-6H2,1-2H3,(H2,22,26)(H,24,27). The Bertz CT molecular complexity index is 1080. The van der Waals surface area contributed by atoms with Crippen molar-refractivity contribution in [1.82, 2.24) is 4.98 Å². The molecule has 0 spiro atoms. The van der Waals surface area contributed by atoms with Crippen molar-refractivity contribution in [1.29, 1.82) is 0 Å². The van der Waals surface area contributed by atoms with E-state index in [9.17, 15) is 19.2 Å². The largest absolute Gasteiger partial charge is 0.460 e. The third kappa shape index (κ3) is 4.14. The number of nitrogens with two attached hydrogens (primary N) is 1. The van der Waals surface area contributed by atoms with Crippen molar-refractivity contribution in [2.75, 3.05) is 11.9 Å². The topological polar surface area (TPSA) is 131 Å². The van der Waals surface area contributed by atoms with E-state index in [1.807, 2.05) is 6.07 Å². The first-order valence-electron chi connectivity index (χ1n) is 8.71. The number of anilines is 1. The van der Waals surface area contributed by atoms with Crippen molar-refractivity contribution < 1.29 is 23.9 Å². The SMILES string of the molecule is CC(=O)c1c(C=C2C(=O)Nc3ccc(Br)cc32)[nH]c(C(=O)OCCC(N)=O)c1C. The molecule has 4 N–H and O–H groups in total. The third-order valence-electron chi connectivity index (χ3n) is 4.47. The number of carbonyl (C=O) groups excluding carboxylic acids is 4. The van der Waals surface area contributed by atoms with Crippen molar-refractivity contribution in [3.8, 4) is 0 Å². The van der Waals surface area contributed by atoms with Crippen LogP contribution >= 0.6 is 15.9 Å². The second-order valence-electron chi connectivity index (χ2n) is 6.52. The van der Waals surface area contributed by atoms with Crippen molar-refractivity contribution in [2.45, 2.75) is 20.3 Å². The normalized spacial score (nSPS) is 13.9. The Balaban J connectivity index is 2.02. The smallest absolute Gasteiger partial charge is 0.355 e. The minimum Gasteiger partial charge on any atom is -0.460 e. The Kier molecular flexibility index (Phi) is 5.69. The molecule has 0 saturated carbocycles. The van der Waals surface area contributed by atoms with Gasteiger partial charge in [0.15, 0.2) is 5.78 Å². The summed E-state index contributed by atoms with van der Waals surface area (Å²) in [5.74, 6) is -1.89. The Morgan fingerprint density at radius 3 is 2.66 bits per heavy atom. The number of benzene rings is 1. The summed E-state index contributed by atoms with van der Waals surface area (Å²) in [6.45, 7) is 2.82. The van der Waals surface area contributed by atoms with E-state index in [2.05, 4.69) is 26.2 Å². The Morgan fingerprint density at radius 2 is 2.00 bits per heavy atom. The van der Waals surface area contributed by atoms with Crippen molar-refractivity contribution >= 4 is 56.8 Å². The zero-order valence-corrected chi connectivity index (χ0v) is 17.3. The summed E-state index contributed by atoms with van der Waals surface area (Å²) >= 11 is 3.38. The Labute approximate surface area is 174 Å². The number of ketones is 1. The number of amides is 2. The molecule has 2 amide bonds. The van der Waals surface area contributed by atoms with Gasteiger partial charge in [0.05, 0.1) is 17.7 Å². The maximum atomic E-state index is 12.4. The van der Waals surface area contributed by atoms with Crippen LogP contribution in [0.4, 0.5) is 5.69 Å². The maximum absolute atomic E-state index is 12.4. The van der Waals surface area contributed by atoms with Gasteiger partial charge in [0, 0.05) is 21.3 Å². The van der Waals surface area contributed by atoms with Crippen LogP contribution in [0, 0.1) is 6.92 Å². The lowest BCUT2D eigenvalue weighted by molar-refractivity contribution is -0.118. The highest BCUT2D eigenvalue weighted by Crippen LogP contribution is 2.36. The predicted octanol–water partition coefficient (Wildman–Crippen LogP) is 2.81. The quantitative estimate of drug-likeness (QED) is 0.347. The van der Waals surface area contributed by atoms with Crippen LogP contribution in [0.2, 0.25) is 0 Å². The monoisotopic (exact) mass is 459 g/mol. The highest BCUT2D eigenvalue weighted by molar-refractivity contribution is 9.10. The van der Waals surface area contributed by atoms with E-state index in [-0.39, 0.29) is 36.0 Å². The van der Waals surface area contributed by atoms with Crippen LogP contribution in [0.5, 0.6) is 0 Å². The van der Waals surface area contributed by atoms with Crippen molar-refractivity contribution in [3.63, 3.8) is 0 Å². The molecular formula is C20H18BrN3O5. The molecule has 0 aliphatic carbocycles. The van der Waals surface area contributed by atoms with Gasteiger partial charge in [0.25, 0.3) is 5.91 Å². The maximum Gasteiger partial charge on any atom is 0.355 e. The third-order valence-corrected chi connectivity index (χ3v) is 4.96. The number of esters is 1. The van der Waals surface area contributed by atoms with Gasteiger partial charge in [-0.1, -0.05) is 15.9 Å². The van der Waals surface area contributed by atoms with E-state index >= 15 is 0 Å². The van der Waals surface area contributed by atoms with Crippen LogP contribution in [0.25, 0.3) is 11.6 Å². The van der Waals surface area contributed by atoms with Crippen molar-refractivity contribution in [2.24, 2.45) is 5.73 Å². The lowest BCUT2D eigenvalue weighted by Crippen LogP contribution is -2.16. The van der Waals surface area contributed by atoms with Crippen LogP contribution < -0.4 is 11.1 Å². The summed E-state index contributed by atoms with van der Waals surface area (Å²) in [6.07, 6.45) is 1.44. The molecule has 150 valence electrons. The summed E-state index contributed by atoms with van der Waals surface area (Å²) in [5, 5.41) is 2.76. The molecule has 1 aromatic carbocycles. The number of Topliss-reactive ketones (excluding diaryl/α,β-unsaturated/α-hetero) is 1. The van der Waals surface area contributed by atoms with E-state index in [1.165, 1.54) is 13.0 Å². The molecule has 0 fully saturated rings. The first-order chi connectivity index (χ1) is 13.7. The first-order valence-corrected chi connectivity index (χ1v) is 9.50. The number of halogens is 1. The second-order valence-corrected chi connectivity index (χ2v) is 7.44. The average Bonchev–Trinajstić information content (AvgIpc) is 3.12. The lowest BCUT2D eigenvalue weighted by Gasteiger charge is -2.02. The highest BCUT2D eigenvalue weighted by atomic mass is 79.9. The van der Waals surface area contributed by atoms with Gasteiger partial charge in [0.2, 0.25) is 5.91 Å². The molecule has 8 nitrogen and oxygen atoms in total. The minimum absolute atomic E-state index is 0.0828. The van der Waals surface area contributed by atoms with Crippen LogP contribution in [-0.4, -0.2) is 35.2 Å². The van der Waals surface area contributed by atoms with E-state index < -0.39 is 11.9 Å². The number of aromatic nitrogens is 1. The van der Waals surface area contributed by atoms with Gasteiger partial charge in [-0.25, -0.2) is 4.79 Å². The van der Waals surface area contributed by atoms with E-state index in [1.54, 1.807) is 19.1 Å². The van der Waals surface area contributed by atoms with Gasteiger partial charge in [0.1, 0.15) is 12.3 Å². The van der Waals surface area contributed by atoms with E-state index in [0.717, 1.165) is 4.47 Å². The predicted molar refractivity (Wildman–Crippen MR) is 110 cm³/mol. The summed E-state index contributed by atoms with van der Waals surface area (Å²) in [6, 6.07) is 5.37. The number of ether oxygens (including phenoxy) is 1. The van der Waals surface area contributed by atoms with Gasteiger partial charge >= 0.3 is 5.97 Å². The number of hydrogen-bond acceptors (Lipinski definition) is 5. The number of primary amides is 1. The van der Waals surface area contributed by atoms with Crippen molar-refractivity contribution in [3.05, 3.63) is 50.8 Å². The molecule has 2 heterocycles. The molecule has 2 aromatic rings. The van der Waals surface area contributed by atoms with E-state index in [0.29, 0.717) is 28.1 Å². The van der Waals surface area contributed by atoms with Crippen LogP contribution in [-0.2, 0) is 14.3 Å². The number of H-pyrrole nitrogens is 1. The Hall–Kier alpha value is -3.20. The van der Waals surface area contributed by atoms with Gasteiger partial charge in [-0.3, -0.25) is 14.4 Å². The first kappa shape index (κ1) is 20.5. The lowest BCUT2D eigenvalue weighted by atomic mass is 10.0. The molecule has 0 atom stereocenters. The minimum atomic E-state index is -0.713. The molecule has 1 aliphatic heterocycles. The van der Waals surface area contributed by atoms with Crippen LogP contribution in [0.15, 0.2) is 22.7 Å². The molecule has 3 rings (SSSR count). The molecule has 0 radical (unpaired) electrons. The number of carbonyl (C=O) groups is 4. The number of fused-ring (bicyclic) bond motifs is 1. The fourth-order valence-electron chi connectivity index (χ4n) is 3.15. The summed E-state index contributed by atoms with van der Waals surface area (Å²) < 4.78 is 5.84. The molecule has 9 heteroatoms. The average molecular weight is 460 g/mol. The summed E-state index contributed by atoms with van der Waals surface area (Å²) in [7, 11) is 0. The molecule has 1 aliphatic rings. The zero-order chi connectivity index (χ0) is 21.3. The molecular weight excluding hydrogens is 442 g/mol. The highest BCUT2D eigenvalue weighted by Gasteiger charge is 2.27. The van der Waals surface area contributed by atoms with E-state index in [4.69, 9.17) is 10.5 Å². The zero-order valence-electron chi connectivity index (χ0n) is 15.7.